The molecule has 0 spiro atoms. The van der Waals surface area contributed by atoms with Crippen LogP contribution in [0.25, 0.3) is 0 Å². The number of fused-ring (bicyclic) bond motifs is 2. The van der Waals surface area contributed by atoms with Crippen LogP contribution in [0.5, 0.6) is 5.75 Å². The van der Waals surface area contributed by atoms with Gasteiger partial charge in [0.05, 0.1) is 0 Å². The largest absolute Gasteiger partial charge is 0.474 e. The first-order chi connectivity index (χ1) is 13.1. The normalized spacial score (nSPS) is 25.8. The third kappa shape index (κ3) is 4.12. The van der Waals surface area contributed by atoms with Crippen molar-refractivity contribution in [1.82, 2.24) is 4.90 Å². The summed E-state index contributed by atoms with van der Waals surface area (Å²) in [5.41, 5.74) is 0.786. The molecule has 4 atom stereocenters. The molecule has 142 valence electrons. The summed E-state index contributed by atoms with van der Waals surface area (Å²) in [6.45, 7) is 0. The Hall–Kier alpha value is -2.04. The number of benzene rings is 2. The second-order valence-corrected chi connectivity index (χ2v) is 7.88. The van der Waals surface area contributed by atoms with E-state index >= 15 is 0 Å². The smallest absolute Gasteiger partial charge is 0.352 e. The highest BCUT2D eigenvalue weighted by Crippen LogP contribution is 2.36. The number of hydrogen-bond donors (Lipinski definition) is 0. The van der Waals surface area contributed by atoms with Crippen LogP contribution >= 0.6 is 11.6 Å². The van der Waals surface area contributed by atoms with Crippen molar-refractivity contribution in [1.29, 1.82) is 0 Å². The van der Waals surface area contributed by atoms with Gasteiger partial charge in [0.1, 0.15) is 11.9 Å². The van der Waals surface area contributed by atoms with Crippen molar-refractivity contribution in [3.8, 4) is 5.75 Å². The minimum atomic E-state index is -0.787. The standard InChI is InChI=1S/C22H24ClNO3/c1-24-17-9-10-18(24)14-20(13-17)27-22(25)21(15-5-3-2-4-6-15)26-19-11-7-16(23)8-12-19/h2-8,11-12,17-18,20-21H,9-10,13-14H2,1H3/t17-,18+,20?,21?. The maximum absolute atomic E-state index is 13.0. The molecule has 0 amide bonds. The number of rotatable bonds is 5. The molecule has 0 aromatic heterocycles. The number of nitrogens with zero attached hydrogens (tertiary/aromatic N) is 1. The van der Waals surface area contributed by atoms with Crippen molar-refractivity contribution in [3.63, 3.8) is 0 Å². The molecule has 27 heavy (non-hydrogen) atoms. The lowest BCUT2D eigenvalue weighted by atomic mass is 10.0. The minimum Gasteiger partial charge on any atom is -0.474 e. The number of halogens is 1. The monoisotopic (exact) mass is 385 g/mol. The van der Waals surface area contributed by atoms with E-state index in [0.717, 1.165) is 18.4 Å². The molecule has 2 aromatic carbocycles. The quantitative estimate of drug-likeness (QED) is 0.703. The first-order valence-electron chi connectivity index (χ1n) is 9.50. The number of carbonyl (C=O) groups excluding carboxylic acids is 1. The van der Waals surface area contributed by atoms with Crippen molar-refractivity contribution in [2.75, 3.05) is 7.05 Å². The molecule has 0 radical (unpaired) electrons. The van der Waals surface area contributed by atoms with Gasteiger partial charge in [-0.05, 0) is 57.0 Å². The van der Waals surface area contributed by atoms with E-state index in [-0.39, 0.29) is 12.1 Å². The molecule has 2 unspecified atom stereocenters. The summed E-state index contributed by atoms with van der Waals surface area (Å²) in [5, 5.41) is 0.628. The summed E-state index contributed by atoms with van der Waals surface area (Å²) in [6, 6.07) is 17.6. The fourth-order valence-electron chi connectivity index (χ4n) is 4.21. The predicted octanol–water partition coefficient (Wildman–Crippen LogP) is 4.63. The Labute approximate surface area is 165 Å². The molecular formula is C22H24ClNO3. The molecule has 0 saturated carbocycles. The van der Waals surface area contributed by atoms with E-state index in [1.165, 1.54) is 12.8 Å². The van der Waals surface area contributed by atoms with Crippen molar-refractivity contribution in [2.24, 2.45) is 0 Å². The van der Waals surface area contributed by atoms with E-state index < -0.39 is 6.10 Å². The molecule has 4 nitrogen and oxygen atoms in total. The highest BCUT2D eigenvalue weighted by Gasteiger charge is 2.40. The van der Waals surface area contributed by atoms with Crippen LogP contribution < -0.4 is 4.74 Å². The third-order valence-corrected chi connectivity index (χ3v) is 5.97. The molecule has 2 aliphatic heterocycles. The second kappa shape index (κ2) is 7.91. The van der Waals surface area contributed by atoms with Crippen molar-refractivity contribution in [2.45, 2.75) is 50.0 Å². The SMILES string of the molecule is CN1[C@@H]2CC[C@H]1CC(OC(=O)C(Oc1ccc(Cl)cc1)c1ccccc1)C2. The van der Waals surface area contributed by atoms with E-state index in [1.807, 2.05) is 30.3 Å². The van der Waals surface area contributed by atoms with Gasteiger partial charge >= 0.3 is 5.97 Å². The fourth-order valence-corrected chi connectivity index (χ4v) is 4.34. The Morgan fingerprint density at radius 1 is 1.04 bits per heavy atom. The van der Waals surface area contributed by atoms with Crippen LogP contribution in [-0.4, -0.2) is 36.1 Å². The van der Waals surface area contributed by atoms with Gasteiger partial charge in [-0.1, -0.05) is 41.9 Å². The number of esters is 1. The van der Waals surface area contributed by atoms with Gasteiger partial charge in [0.2, 0.25) is 6.10 Å². The van der Waals surface area contributed by atoms with E-state index in [0.29, 0.717) is 22.9 Å². The summed E-state index contributed by atoms with van der Waals surface area (Å²) in [6.07, 6.45) is 3.37. The molecule has 2 aromatic rings. The molecule has 2 saturated heterocycles. The summed E-state index contributed by atoms with van der Waals surface area (Å²) in [7, 11) is 2.18. The molecule has 2 fully saturated rings. The Bertz CT molecular complexity index is 766. The van der Waals surface area contributed by atoms with Crippen LogP contribution in [0.1, 0.15) is 37.4 Å². The summed E-state index contributed by atoms with van der Waals surface area (Å²) in [5.74, 6) is 0.263. The van der Waals surface area contributed by atoms with Gasteiger partial charge in [-0.15, -0.1) is 0 Å². The third-order valence-electron chi connectivity index (χ3n) is 5.72. The zero-order valence-electron chi connectivity index (χ0n) is 15.4. The van der Waals surface area contributed by atoms with Gasteiger partial charge in [0.15, 0.2) is 0 Å². The lowest BCUT2D eigenvalue weighted by molar-refractivity contribution is -0.161. The Kier molecular flexibility index (Phi) is 5.37. The van der Waals surface area contributed by atoms with Crippen LogP contribution in [0.15, 0.2) is 54.6 Å². The van der Waals surface area contributed by atoms with Crippen LogP contribution in [0.4, 0.5) is 0 Å². The maximum Gasteiger partial charge on any atom is 0.352 e. The average molecular weight is 386 g/mol. The van der Waals surface area contributed by atoms with Gasteiger partial charge in [0.25, 0.3) is 0 Å². The Morgan fingerprint density at radius 2 is 1.67 bits per heavy atom. The predicted molar refractivity (Wildman–Crippen MR) is 105 cm³/mol. The van der Waals surface area contributed by atoms with Gasteiger partial charge < -0.3 is 14.4 Å². The molecular weight excluding hydrogens is 362 g/mol. The number of ether oxygens (including phenoxy) is 2. The van der Waals surface area contributed by atoms with Gasteiger partial charge in [-0.3, -0.25) is 0 Å². The Balaban J connectivity index is 1.49. The van der Waals surface area contributed by atoms with Crippen LogP contribution in [0.2, 0.25) is 5.02 Å². The average Bonchev–Trinajstić information content (AvgIpc) is 2.89. The van der Waals surface area contributed by atoms with E-state index in [1.54, 1.807) is 24.3 Å². The van der Waals surface area contributed by atoms with Crippen LogP contribution in [0.3, 0.4) is 0 Å². The van der Waals surface area contributed by atoms with Gasteiger partial charge in [-0.2, -0.15) is 0 Å². The van der Waals surface area contributed by atoms with Crippen molar-refractivity contribution < 1.29 is 14.3 Å². The highest BCUT2D eigenvalue weighted by atomic mass is 35.5. The fraction of sp³-hybridized carbons (Fsp3) is 0.409. The molecule has 2 heterocycles. The number of hydrogen-bond acceptors (Lipinski definition) is 4. The molecule has 5 heteroatoms. The first-order valence-corrected chi connectivity index (χ1v) is 9.87. The Morgan fingerprint density at radius 3 is 2.30 bits per heavy atom. The van der Waals surface area contributed by atoms with E-state index in [4.69, 9.17) is 21.1 Å². The molecule has 0 N–H and O–H groups in total. The number of carbonyl (C=O) groups is 1. The zero-order valence-corrected chi connectivity index (χ0v) is 16.1. The zero-order chi connectivity index (χ0) is 18.8. The van der Waals surface area contributed by atoms with Gasteiger partial charge in [0, 0.05) is 22.7 Å². The molecule has 0 aliphatic carbocycles. The maximum atomic E-state index is 13.0. The van der Waals surface area contributed by atoms with Crippen LogP contribution in [-0.2, 0) is 9.53 Å². The van der Waals surface area contributed by atoms with Crippen molar-refractivity contribution in [3.05, 3.63) is 65.2 Å². The van der Waals surface area contributed by atoms with E-state index in [2.05, 4.69) is 11.9 Å². The van der Waals surface area contributed by atoms with Crippen molar-refractivity contribution >= 4 is 17.6 Å². The van der Waals surface area contributed by atoms with E-state index in [9.17, 15) is 4.79 Å². The summed E-state index contributed by atoms with van der Waals surface area (Å²) in [4.78, 5) is 15.4. The molecule has 2 bridgehead atoms. The summed E-state index contributed by atoms with van der Waals surface area (Å²) >= 11 is 5.95. The van der Waals surface area contributed by atoms with Gasteiger partial charge in [-0.25, -0.2) is 4.79 Å². The molecule has 4 rings (SSSR count). The van der Waals surface area contributed by atoms with Crippen LogP contribution in [0, 0.1) is 0 Å². The minimum absolute atomic E-state index is 0.0359. The summed E-state index contributed by atoms with van der Waals surface area (Å²) < 4.78 is 11.9. The number of piperidine rings is 1. The first kappa shape index (κ1) is 18.3. The molecule has 2 aliphatic rings. The topological polar surface area (TPSA) is 38.8 Å². The second-order valence-electron chi connectivity index (χ2n) is 7.44. The lowest BCUT2D eigenvalue weighted by Gasteiger charge is -2.36. The highest BCUT2D eigenvalue weighted by molar-refractivity contribution is 6.30. The lowest BCUT2D eigenvalue weighted by Crippen LogP contribution is -2.44.